The van der Waals surface area contributed by atoms with Gasteiger partial charge in [0.25, 0.3) is 0 Å². The van der Waals surface area contributed by atoms with E-state index < -0.39 is 0 Å². The van der Waals surface area contributed by atoms with Crippen LogP contribution in [0.5, 0.6) is 5.75 Å². The Morgan fingerprint density at radius 2 is 2.14 bits per heavy atom. The van der Waals surface area contributed by atoms with Crippen LogP contribution in [0.15, 0.2) is 48.9 Å². The summed E-state index contributed by atoms with van der Waals surface area (Å²) in [7, 11) is 0. The van der Waals surface area contributed by atoms with Crippen LogP contribution in [0.3, 0.4) is 0 Å². The van der Waals surface area contributed by atoms with Gasteiger partial charge in [-0.3, -0.25) is 4.98 Å². The number of rotatable bonds is 4. The fourth-order valence-electron chi connectivity index (χ4n) is 2.43. The van der Waals surface area contributed by atoms with E-state index in [1.165, 1.54) is 5.39 Å². The molecule has 0 bridgehead atoms. The Bertz CT molecular complexity index is 750. The Balaban J connectivity index is 1.95. The van der Waals surface area contributed by atoms with E-state index >= 15 is 0 Å². The monoisotopic (exact) mass is 300 g/mol. The van der Waals surface area contributed by atoms with Gasteiger partial charge in [-0.15, -0.1) is 0 Å². The van der Waals surface area contributed by atoms with Crippen molar-refractivity contribution in [3.05, 3.63) is 59.5 Å². The zero-order valence-corrected chi connectivity index (χ0v) is 12.8. The van der Waals surface area contributed by atoms with Crippen LogP contribution in [0, 0.1) is 0 Å². The largest absolute Gasteiger partial charge is 0.487 e. The van der Waals surface area contributed by atoms with Crippen LogP contribution in [0.4, 0.5) is 0 Å². The number of benzene rings is 1. The predicted molar refractivity (Wildman–Crippen MR) is 85.9 cm³/mol. The van der Waals surface area contributed by atoms with Crippen molar-refractivity contribution in [2.24, 2.45) is 0 Å². The van der Waals surface area contributed by atoms with Crippen molar-refractivity contribution in [3.63, 3.8) is 0 Å². The Hall–Kier alpha value is -2.00. The summed E-state index contributed by atoms with van der Waals surface area (Å²) in [4.78, 5) is 4.06. The maximum absolute atomic E-state index is 6.12. The lowest BCUT2D eigenvalue weighted by Gasteiger charge is -2.08. The van der Waals surface area contributed by atoms with E-state index in [1.54, 1.807) is 12.4 Å². The fourth-order valence-corrected chi connectivity index (χ4v) is 2.60. The van der Waals surface area contributed by atoms with Gasteiger partial charge in [0.05, 0.1) is 11.7 Å². The summed E-state index contributed by atoms with van der Waals surface area (Å²) in [6.45, 7) is 4.84. The van der Waals surface area contributed by atoms with E-state index in [1.807, 2.05) is 24.3 Å². The first-order chi connectivity index (χ1) is 10.1. The standard InChI is InChI=1S/C17H17ClN2O/c1-12(2)20-10-13(11-21-15-4-3-7-19-9-15)16-6-5-14(18)8-17(16)20/h3-10,12H,11H2,1-2H3. The van der Waals surface area contributed by atoms with Gasteiger partial charge in [-0.1, -0.05) is 17.7 Å². The third kappa shape index (κ3) is 2.88. The Morgan fingerprint density at radius 1 is 1.29 bits per heavy atom. The molecule has 3 rings (SSSR count). The van der Waals surface area contributed by atoms with Crippen LogP contribution < -0.4 is 4.74 Å². The predicted octanol–water partition coefficient (Wildman–Crippen LogP) is 4.85. The molecule has 3 nitrogen and oxygen atoms in total. The van der Waals surface area contributed by atoms with Gasteiger partial charge >= 0.3 is 0 Å². The van der Waals surface area contributed by atoms with Crippen LogP contribution >= 0.6 is 11.6 Å². The Morgan fingerprint density at radius 3 is 2.86 bits per heavy atom. The SMILES string of the molecule is CC(C)n1cc(COc2cccnc2)c2ccc(Cl)cc21. The first-order valence-corrected chi connectivity index (χ1v) is 7.35. The van der Waals surface area contributed by atoms with Crippen molar-refractivity contribution in [1.29, 1.82) is 0 Å². The molecule has 1 aromatic carbocycles. The normalized spacial score (nSPS) is 11.2. The summed E-state index contributed by atoms with van der Waals surface area (Å²) in [5.74, 6) is 0.775. The molecular weight excluding hydrogens is 284 g/mol. The molecular formula is C17H17ClN2O. The topological polar surface area (TPSA) is 27.1 Å². The summed E-state index contributed by atoms with van der Waals surface area (Å²) < 4.78 is 8.04. The van der Waals surface area contributed by atoms with E-state index in [0.717, 1.165) is 21.9 Å². The highest BCUT2D eigenvalue weighted by Crippen LogP contribution is 2.28. The van der Waals surface area contributed by atoms with Crippen LogP contribution in [0.1, 0.15) is 25.5 Å². The second kappa shape index (κ2) is 5.78. The van der Waals surface area contributed by atoms with E-state index in [-0.39, 0.29) is 0 Å². The number of fused-ring (bicyclic) bond motifs is 1. The lowest BCUT2D eigenvalue weighted by atomic mass is 10.2. The highest BCUT2D eigenvalue weighted by atomic mass is 35.5. The molecule has 3 aromatic rings. The molecule has 0 fully saturated rings. The number of pyridine rings is 1. The minimum Gasteiger partial charge on any atom is -0.487 e. The minimum atomic E-state index is 0.373. The van der Waals surface area contributed by atoms with Gasteiger partial charge in [0.15, 0.2) is 0 Å². The van der Waals surface area contributed by atoms with E-state index in [0.29, 0.717) is 12.6 Å². The Labute approximate surface area is 129 Å². The quantitative estimate of drug-likeness (QED) is 0.688. The molecule has 0 aliphatic rings. The van der Waals surface area contributed by atoms with Gasteiger partial charge in [0.1, 0.15) is 12.4 Å². The van der Waals surface area contributed by atoms with Crippen molar-refractivity contribution in [3.8, 4) is 5.75 Å². The van der Waals surface area contributed by atoms with Crippen molar-refractivity contribution in [2.45, 2.75) is 26.5 Å². The molecule has 2 aromatic heterocycles. The van der Waals surface area contributed by atoms with Crippen LogP contribution in [0.25, 0.3) is 10.9 Å². The number of hydrogen-bond acceptors (Lipinski definition) is 2. The van der Waals surface area contributed by atoms with Crippen molar-refractivity contribution in [2.75, 3.05) is 0 Å². The first kappa shape index (κ1) is 14.0. The van der Waals surface area contributed by atoms with Crippen LogP contribution in [0.2, 0.25) is 5.02 Å². The maximum atomic E-state index is 6.12. The molecule has 0 radical (unpaired) electrons. The molecule has 0 saturated heterocycles. The van der Waals surface area contributed by atoms with Gasteiger partial charge in [-0.25, -0.2) is 0 Å². The molecule has 0 spiro atoms. The van der Waals surface area contributed by atoms with E-state index in [9.17, 15) is 0 Å². The molecule has 4 heteroatoms. The first-order valence-electron chi connectivity index (χ1n) is 6.97. The molecule has 2 heterocycles. The zero-order valence-electron chi connectivity index (χ0n) is 12.1. The number of aromatic nitrogens is 2. The fraction of sp³-hybridized carbons (Fsp3) is 0.235. The van der Waals surface area contributed by atoms with E-state index in [4.69, 9.17) is 16.3 Å². The molecule has 0 unspecified atom stereocenters. The molecule has 21 heavy (non-hydrogen) atoms. The molecule has 0 aliphatic heterocycles. The second-order valence-corrected chi connectivity index (χ2v) is 5.73. The maximum Gasteiger partial charge on any atom is 0.138 e. The summed E-state index contributed by atoms with van der Waals surface area (Å²) in [6.07, 6.45) is 5.60. The van der Waals surface area contributed by atoms with Gasteiger partial charge < -0.3 is 9.30 Å². The molecule has 0 N–H and O–H groups in total. The zero-order chi connectivity index (χ0) is 14.8. The molecule has 108 valence electrons. The van der Waals surface area contributed by atoms with Gasteiger partial charge in [-0.2, -0.15) is 0 Å². The van der Waals surface area contributed by atoms with Crippen molar-refractivity contribution >= 4 is 22.5 Å². The average Bonchev–Trinajstić information content (AvgIpc) is 2.84. The summed E-state index contributed by atoms with van der Waals surface area (Å²) in [5.41, 5.74) is 2.29. The number of hydrogen-bond donors (Lipinski definition) is 0. The second-order valence-electron chi connectivity index (χ2n) is 5.29. The van der Waals surface area contributed by atoms with Gasteiger partial charge in [0.2, 0.25) is 0 Å². The lowest BCUT2D eigenvalue weighted by Crippen LogP contribution is -1.98. The van der Waals surface area contributed by atoms with Gasteiger partial charge in [0, 0.05) is 34.4 Å². The number of ether oxygens (including phenoxy) is 1. The molecule has 0 amide bonds. The molecule has 0 aliphatic carbocycles. The Kier molecular flexibility index (Phi) is 3.84. The lowest BCUT2D eigenvalue weighted by molar-refractivity contribution is 0.306. The highest BCUT2D eigenvalue weighted by molar-refractivity contribution is 6.31. The number of nitrogens with zero attached hydrogens (tertiary/aromatic N) is 2. The third-order valence-electron chi connectivity index (χ3n) is 3.46. The average molecular weight is 301 g/mol. The highest BCUT2D eigenvalue weighted by Gasteiger charge is 2.11. The summed E-state index contributed by atoms with van der Waals surface area (Å²) >= 11 is 6.12. The molecule has 0 saturated carbocycles. The minimum absolute atomic E-state index is 0.373. The van der Waals surface area contributed by atoms with Crippen molar-refractivity contribution < 1.29 is 4.74 Å². The summed E-state index contributed by atoms with van der Waals surface area (Å²) in [6, 6.07) is 10.1. The van der Waals surface area contributed by atoms with Crippen LogP contribution in [-0.4, -0.2) is 9.55 Å². The third-order valence-corrected chi connectivity index (χ3v) is 3.70. The van der Waals surface area contributed by atoms with E-state index in [2.05, 4.69) is 35.7 Å². The van der Waals surface area contributed by atoms with Crippen LogP contribution in [-0.2, 0) is 6.61 Å². The summed E-state index contributed by atoms with van der Waals surface area (Å²) in [5, 5.41) is 1.93. The molecule has 0 atom stereocenters. The number of halogens is 1. The van der Waals surface area contributed by atoms with Crippen molar-refractivity contribution in [1.82, 2.24) is 9.55 Å². The van der Waals surface area contributed by atoms with Gasteiger partial charge in [-0.05, 0) is 38.1 Å². The smallest absolute Gasteiger partial charge is 0.138 e.